The summed E-state index contributed by atoms with van der Waals surface area (Å²) in [6, 6.07) is 7.28. The predicted molar refractivity (Wildman–Crippen MR) is 73.7 cm³/mol. The maximum Gasteiger partial charge on any atom is 0.315 e. The van der Waals surface area contributed by atoms with Crippen molar-refractivity contribution in [2.24, 2.45) is 0 Å². The highest BCUT2D eigenvalue weighted by Crippen LogP contribution is 2.07. The fraction of sp³-hybridized carbons (Fsp3) is 0.500. The van der Waals surface area contributed by atoms with Gasteiger partial charge in [-0.1, -0.05) is 24.3 Å². The number of aliphatic hydroxyl groups is 1. The second-order valence-corrected chi connectivity index (χ2v) is 4.09. The van der Waals surface area contributed by atoms with E-state index in [4.69, 9.17) is 9.84 Å². The molecule has 106 valence electrons. The molecule has 0 atom stereocenters. The Labute approximate surface area is 114 Å². The zero-order valence-electron chi connectivity index (χ0n) is 11.3. The maximum absolute atomic E-state index is 11.5. The van der Waals surface area contributed by atoms with Crippen LogP contribution in [0.25, 0.3) is 0 Å². The minimum atomic E-state index is -0.204. The van der Waals surface area contributed by atoms with Crippen LogP contribution in [0.3, 0.4) is 0 Å². The van der Waals surface area contributed by atoms with Gasteiger partial charge in [0, 0.05) is 26.3 Å². The number of hydrogen-bond donors (Lipinski definition) is 3. The van der Waals surface area contributed by atoms with Gasteiger partial charge in [-0.05, 0) is 24.5 Å². The Balaban J connectivity index is 2.22. The van der Waals surface area contributed by atoms with Gasteiger partial charge in [0.1, 0.15) is 0 Å². The Bertz CT molecular complexity index is 383. The van der Waals surface area contributed by atoms with Crippen LogP contribution in [-0.4, -0.2) is 30.9 Å². The number of urea groups is 1. The fourth-order valence-electron chi connectivity index (χ4n) is 1.64. The zero-order chi connectivity index (χ0) is 13.9. The van der Waals surface area contributed by atoms with Crippen LogP contribution in [0.15, 0.2) is 24.3 Å². The third-order valence-electron chi connectivity index (χ3n) is 2.68. The second-order valence-electron chi connectivity index (χ2n) is 4.09. The molecule has 0 radical (unpaired) electrons. The van der Waals surface area contributed by atoms with E-state index in [1.165, 1.54) is 0 Å². The average Bonchev–Trinajstić information content (AvgIpc) is 2.45. The fourth-order valence-corrected chi connectivity index (χ4v) is 1.64. The van der Waals surface area contributed by atoms with Crippen LogP contribution >= 0.6 is 0 Å². The molecule has 0 saturated carbocycles. The van der Waals surface area contributed by atoms with Crippen LogP contribution in [0.2, 0.25) is 0 Å². The average molecular weight is 266 g/mol. The molecule has 0 spiro atoms. The molecular weight excluding hydrogens is 244 g/mol. The van der Waals surface area contributed by atoms with Gasteiger partial charge in [0.25, 0.3) is 0 Å². The first-order chi connectivity index (χ1) is 9.27. The molecule has 1 rings (SSSR count). The number of nitrogens with one attached hydrogen (secondary N) is 2. The number of amides is 2. The maximum atomic E-state index is 11.5. The summed E-state index contributed by atoms with van der Waals surface area (Å²) in [6.07, 6.45) is 0.800. The molecule has 0 heterocycles. The zero-order valence-corrected chi connectivity index (χ0v) is 11.3. The number of benzene rings is 1. The van der Waals surface area contributed by atoms with Gasteiger partial charge in [0.05, 0.1) is 6.61 Å². The van der Waals surface area contributed by atoms with Gasteiger partial charge < -0.3 is 20.5 Å². The Morgan fingerprint density at radius 1 is 1.26 bits per heavy atom. The van der Waals surface area contributed by atoms with Crippen molar-refractivity contribution in [3.63, 3.8) is 0 Å². The topological polar surface area (TPSA) is 70.6 Å². The molecule has 3 N–H and O–H groups in total. The summed E-state index contributed by atoms with van der Waals surface area (Å²) in [4.78, 5) is 11.5. The highest BCUT2D eigenvalue weighted by atomic mass is 16.5. The van der Waals surface area contributed by atoms with Crippen LogP contribution in [0.5, 0.6) is 0 Å². The molecule has 0 aliphatic rings. The summed E-state index contributed by atoms with van der Waals surface area (Å²) >= 11 is 0. The standard InChI is InChI=1S/C14H22N2O3/c1-2-19-9-5-8-15-14(18)16-10-12-6-3-4-7-13(12)11-17/h3-4,6-7,17H,2,5,8-11H2,1H3,(H2,15,16,18). The highest BCUT2D eigenvalue weighted by molar-refractivity contribution is 5.73. The van der Waals surface area contributed by atoms with Crippen molar-refractivity contribution in [3.8, 4) is 0 Å². The van der Waals surface area contributed by atoms with Crippen LogP contribution in [0, 0.1) is 0 Å². The molecule has 2 amide bonds. The molecule has 0 fully saturated rings. The van der Waals surface area contributed by atoms with Crippen molar-refractivity contribution in [3.05, 3.63) is 35.4 Å². The first-order valence-corrected chi connectivity index (χ1v) is 6.55. The smallest absolute Gasteiger partial charge is 0.315 e. The second kappa shape index (κ2) is 9.35. The van der Waals surface area contributed by atoms with E-state index in [-0.39, 0.29) is 12.6 Å². The Kier molecular flexibility index (Phi) is 7.62. The molecule has 5 nitrogen and oxygen atoms in total. The molecule has 0 aromatic heterocycles. The van der Waals surface area contributed by atoms with Gasteiger partial charge in [0.15, 0.2) is 0 Å². The lowest BCUT2D eigenvalue weighted by atomic mass is 10.1. The molecule has 5 heteroatoms. The van der Waals surface area contributed by atoms with Crippen molar-refractivity contribution in [1.29, 1.82) is 0 Å². The van der Waals surface area contributed by atoms with Crippen molar-refractivity contribution in [2.75, 3.05) is 19.8 Å². The summed E-state index contributed by atoms with van der Waals surface area (Å²) in [6.45, 7) is 4.28. The lowest BCUT2D eigenvalue weighted by Crippen LogP contribution is -2.36. The molecule has 1 aromatic rings. The van der Waals surface area contributed by atoms with E-state index < -0.39 is 0 Å². The third kappa shape index (κ3) is 6.22. The largest absolute Gasteiger partial charge is 0.392 e. The SMILES string of the molecule is CCOCCCNC(=O)NCc1ccccc1CO. The summed E-state index contributed by atoms with van der Waals surface area (Å²) in [5.41, 5.74) is 1.76. The third-order valence-corrected chi connectivity index (χ3v) is 2.68. The Hall–Kier alpha value is -1.59. The number of aliphatic hydroxyl groups excluding tert-OH is 1. The van der Waals surface area contributed by atoms with E-state index in [0.717, 1.165) is 17.5 Å². The van der Waals surface area contributed by atoms with Crippen LogP contribution in [-0.2, 0) is 17.9 Å². The quantitative estimate of drug-likeness (QED) is 0.623. The van der Waals surface area contributed by atoms with Crippen molar-refractivity contribution >= 4 is 6.03 Å². The number of hydrogen-bond acceptors (Lipinski definition) is 3. The van der Waals surface area contributed by atoms with Crippen molar-refractivity contribution in [2.45, 2.75) is 26.5 Å². The Morgan fingerprint density at radius 2 is 2.00 bits per heavy atom. The van der Waals surface area contributed by atoms with E-state index in [0.29, 0.717) is 26.3 Å². The minimum absolute atomic E-state index is 0.0200. The molecule has 0 bridgehead atoms. The van der Waals surface area contributed by atoms with Gasteiger partial charge in [-0.15, -0.1) is 0 Å². The lowest BCUT2D eigenvalue weighted by Gasteiger charge is -2.10. The first kappa shape index (κ1) is 15.5. The molecule has 0 unspecified atom stereocenters. The normalized spacial score (nSPS) is 10.2. The number of carbonyl (C=O) groups excluding carboxylic acids is 1. The van der Waals surface area contributed by atoms with Crippen LogP contribution in [0.1, 0.15) is 24.5 Å². The predicted octanol–water partition coefficient (Wildman–Crippen LogP) is 1.40. The van der Waals surface area contributed by atoms with Crippen LogP contribution in [0.4, 0.5) is 4.79 Å². The summed E-state index contributed by atoms with van der Waals surface area (Å²) in [5, 5.41) is 14.7. The van der Waals surface area contributed by atoms with E-state index >= 15 is 0 Å². The van der Waals surface area contributed by atoms with E-state index in [9.17, 15) is 4.79 Å². The van der Waals surface area contributed by atoms with Gasteiger partial charge in [-0.2, -0.15) is 0 Å². The lowest BCUT2D eigenvalue weighted by molar-refractivity contribution is 0.145. The Morgan fingerprint density at radius 3 is 2.68 bits per heavy atom. The van der Waals surface area contributed by atoms with Gasteiger partial charge in [0.2, 0.25) is 0 Å². The first-order valence-electron chi connectivity index (χ1n) is 6.55. The van der Waals surface area contributed by atoms with Gasteiger partial charge >= 0.3 is 6.03 Å². The van der Waals surface area contributed by atoms with Crippen molar-refractivity contribution in [1.82, 2.24) is 10.6 Å². The highest BCUT2D eigenvalue weighted by Gasteiger charge is 2.03. The van der Waals surface area contributed by atoms with E-state index in [1.807, 2.05) is 31.2 Å². The molecule has 0 saturated heterocycles. The molecule has 1 aromatic carbocycles. The van der Waals surface area contributed by atoms with E-state index in [1.54, 1.807) is 0 Å². The van der Waals surface area contributed by atoms with E-state index in [2.05, 4.69) is 10.6 Å². The minimum Gasteiger partial charge on any atom is -0.392 e. The number of rotatable bonds is 8. The van der Waals surface area contributed by atoms with Crippen LogP contribution < -0.4 is 10.6 Å². The summed E-state index contributed by atoms with van der Waals surface area (Å²) < 4.78 is 5.18. The van der Waals surface area contributed by atoms with Crippen molar-refractivity contribution < 1.29 is 14.6 Å². The monoisotopic (exact) mass is 266 g/mol. The molecular formula is C14H22N2O3. The summed E-state index contributed by atoms with van der Waals surface area (Å²) in [5.74, 6) is 0. The number of ether oxygens (including phenoxy) is 1. The molecule has 19 heavy (non-hydrogen) atoms. The van der Waals surface area contributed by atoms with Gasteiger partial charge in [-0.25, -0.2) is 4.79 Å². The molecule has 0 aliphatic heterocycles. The molecule has 0 aliphatic carbocycles. The van der Waals surface area contributed by atoms with Gasteiger partial charge in [-0.3, -0.25) is 0 Å². The number of carbonyl (C=O) groups is 1. The summed E-state index contributed by atoms with van der Waals surface area (Å²) in [7, 11) is 0.